The third-order valence-corrected chi connectivity index (χ3v) is 6.13. The second-order valence-electron chi connectivity index (χ2n) is 8.60. The molecule has 0 aliphatic heterocycles. The summed E-state index contributed by atoms with van der Waals surface area (Å²) in [5.74, 6) is 0.218. The fourth-order valence-corrected chi connectivity index (χ4v) is 3.98. The largest absolute Gasteiger partial charge is 0.354 e. The third kappa shape index (κ3) is 6.42. The van der Waals surface area contributed by atoms with Gasteiger partial charge in [-0.3, -0.25) is 9.59 Å². The highest BCUT2D eigenvalue weighted by Crippen LogP contribution is 2.21. The Morgan fingerprint density at radius 1 is 0.938 bits per heavy atom. The van der Waals surface area contributed by atoms with Crippen molar-refractivity contribution < 1.29 is 9.59 Å². The first-order chi connectivity index (χ1) is 15.3. The Morgan fingerprint density at radius 3 is 2.34 bits per heavy atom. The number of hydrogen-bond acceptors (Lipinski definition) is 2. The lowest BCUT2D eigenvalue weighted by atomic mass is 10.0. The number of fused-ring (bicyclic) bond motifs is 1. The molecule has 3 aromatic rings. The highest BCUT2D eigenvalue weighted by atomic mass is 79.9. The highest BCUT2D eigenvalue weighted by Gasteiger charge is 2.26. The van der Waals surface area contributed by atoms with Gasteiger partial charge in [0.2, 0.25) is 11.8 Å². The standard InChI is InChI=1S/C27H31BrN2O2/c1-19(2)17-29-27(32)20(3)30(18-21-11-14-24(28)15-12-21)26(31)16-13-23-9-6-8-22-7-4-5-10-25(22)23/h4-12,14-15,19-20H,13,16-18H2,1-3H3,(H,29,32)/t20-/m0/s1. The Hall–Kier alpha value is -2.66. The van der Waals surface area contributed by atoms with Crippen LogP contribution in [0.5, 0.6) is 0 Å². The van der Waals surface area contributed by atoms with E-state index in [9.17, 15) is 9.59 Å². The zero-order chi connectivity index (χ0) is 23.1. The van der Waals surface area contributed by atoms with Crippen LogP contribution in [0.25, 0.3) is 10.8 Å². The van der Waals surface area contributed by atoms with E-state index in [1.54, 1.807) is 4.90 Å². The number of carbonyl (C=O) groups excluding carboxylic acids is 2. The van der Waals surface area contributed by atoms with Crippen LogP contribution >= 0.6 is 15.9 Å². The number of hydrogen-bond donors (Lipinski definition) is 1. The average molecular weight is 495 g/mol. The number of rotatable bonds is 9. The Kier molecular flexibility index (Phi) is 8.46. The molecule has 0 heterocycles. The summed E-state index contributed by atoms with van der Waals surface area (Å²) in [4.78, 5) is 27.8. The van der Waals surface area contributed by atoms with E-state index in [-0.39, 0.29) is 11.8 Å². The van der Waals surface area contributed by atoms with Crippen molar-refractivity contribution in [2.24, 2.45) is 5.92 Å². The molecule has 3 aromatic carbocycles. The van der Waals surface area contributed by atoms with Crippen molar-refractivity contribution in [1.82, 2.24) is 10.2 Å². The predicted molar refractivity (Wildman–Crippen MR) is 134 cm³/mol. The molecule has 0 saturated carbocycles. The van der Waals surface area contributed by atoms with Crippen molar-refractivity contribution >= 4 is 38.5 Å². The van der Waals surface area contributed by atoms with Crippen LogP contribution in [-0.2, 0) is 22.6 Å². The molecule has 2 amide bonds. The van der Waals surface area contributed by atoms with Gasteiger partial charge in [0.15, 0.2) is 0 Å². The van der Waals surface area contributed by atoms with Crippen molar-refractivity contribution in [3.8, 4) is 0 Å². The minimum Gasteiger partial charge on any atom is -0.354 e. The van der Waals surface area contributed by atoms with Crippen LogP contribution < -0.4 is 5.32 Å². The lowest BCUT2D eigenvalue weighted by Crippen LogP contribution is -2.48. The molecule has 0 aromatic heterocycles. The van der Waals surface area contributed by atoms with Crippen LogP contribution in [0.1, 0.15) is 38.3 Å². The molecule has 1 N–H and O–H groups in total. The van der Waals surface area contributed by atoms with Gasteiger partial charge in [-0.05, 0) is 53.3 Å². The zero-order valence-corrected chi connectivity index (χ0v) is 20.6. The van der Waals surface area contributed by atoms with E-state index in [2.05, 4.69) is 59.4 Å². The van der Waals surface area contributed by atoms with Gasteiger partial charge in [0.05, 0.1) is 0 Å². The van der Waals surface area contributed by atoms with Crippen LogP contribution in [-0.4, -0.2) is 29.3 Å². The van der Waals surface area contributed by atoms with E-state index < -0.39 is 6.04 Å². The average Bonchev–Trinajstić information content (AvgIpc) is 2.80. The molecule has 1 atom stereocenters. The van der Waals surface area contributed by atoms with Crippen molar-refractivity contribution in [3.05, 3.63) is 82.3 Å². The molecule has 4 nitrogen and oxygen atoms in total. The summed E-state index contributed by atoms with van der Waals surface area (Å²) < 4.78 is 0.984. The van der Waals surface area contributed by atoms with Gasteiger partial charge in [0, 0.05) is 24.0 Å². The molecule has 32 heavy (non-hydrogen) atoms. The van der Waals surface area contributed by atoms with Crippen LogP contribution in [0, 0.1) is 5.92 Å². The summed E-state index contributed by atoms with van der Waals surface area (Å²) in [5.41, 5.74) is 2.15. The second kappa shape index (κ2) is 11.3. The molecule has 0 spiro atoms. The van der Waals surface area contributed by atoms with E-state index in [0.717, 1.165) is 15.6 Å². The van der Waals surface area contributed by atoms with Gasteiger partial charge >= 0.3 is 0 Å². The maximum atomic E-state index is 13.3. The molecule has 0 radical (unpaired) electrons. The number of nitrogens with one attached hydrogen (secondary N) is 1. The maximum absolute atomic E-state index is 13.3. The first-order valence-electron chi connectivity index (χ1n) is 11.1. The molecule has 0 saturated heterocycles. The van der Waals surface area contributed by atoms with Crippen molar-refractivity contribution in [1.29, 1.82) is 0 Å². The summed E-state index contributed by atoms with van der Waals surface area (Å²) in [7, 11) is 0. The van der Waals surface area contributed by atoms with E-state index in [0.29, 0.717) is 31.8 Å². The molecule has 3 rings (SSSR count). The van der Waals surface area contributed by atoms with Crippen LogP contribution in [0.3, 0.4) is 0 Å². The lowest BCUT2D eigenvalue weighted by molar-refractivity contribution is -0.140. The molecular formula is C27H31BrN2O2. The third-order valence-electron chi connectivity index (χ3n) is 5.61. The molecule has 0 aliphatic carbocycles. The number of halogens is 1. The Bertz CT molecular complexity index is 1060. The van der Waals surface area contributed by atoms with Gasteiger partial charge in [0.25, 0.3) is 0 Å². The Labute approximate surface area is 199 Å². The fraction of sp³-hybridized carbons (Fsp3) is 0.333. The van der Waals surface area contributed by atoms with Crippen molar-refractivity contribution in [3.63, 3.8) is 0 Å². The van der Waals surface area contributed by atoms with Gasteiger partial charge in [-0.25, -0.2) is 0 Å². The Morgan fingerprint density at radius 2 is 1.62 bits per heavy atom. The zero-order valence-electron chi connectivity index (χ0n) is 19.0. The molecular weight excluding hydrogens is 464 g/mol. The van der Waals surface area contributed by atoms with Crippen LogP contribution in [0.15, 0.2) is 71.2 Å². The Balaban J connectivity index is 1.76. The van der Waals surface area contributed by atoms with Gasteiger partial charge < -0.3 is 10.2 Å². The minimum atomic E-state index is -0.544. The quantitative estimate of drug-likeness (QED) is 0.413. The second-order valence-corrected chi connectivity index (χ2v) is 9.52. The van der Waals surface area contributed by atoms with Crippen molar-refractivity contribution in [2.45, 2.75) is 46.2 Å². The molecule has 0 unspecified atom stereocenters. The summed E-state index contributed by atoms with van der Waals surface area (Å²) in [6.07, 6.45) is 0.990. The van der Waals surface area contributed by atoms with E-state index in [1.807, 2.05) is 49.4 Å². The summed E-state index contributed by atoms with van der Waals surface area (Å²) in [6.45, 7) is 6.92. The molecule has 0 fully saturated rings. The molecule has 0 aliphatic rings. The lowest BCUT2D eigenvalue weighted by Gasteiger charge is -2.29. The fourth-order valence-electron chi connectivity index (χ4n) is 3.72. The number of benzene rings is 3. The van der Waals surface area contributed by atoms with E-state index >= 15 is 0 Å². The van der Waals surface area contributed by atoms with Crippen LogP contribution in [0.2, 0.25) is 0 Å². The van der Waals surface area contributed by atoms with Gasteiger partial charge in [-0.1, -0.05) is 84.4 Å². The SMILES string of the molecule is CC(C)CNC(=O)[C@H](C)N(Cc1ccc(Br)cc1)C(=O)CCc1cccc2ccccc12. The minimum absolute atomic E-state index is 0.0203. The first kappa shape index (κ1) is 24.0. The number of aryl methyl sites for hydroxylation is 1. The van der Waals surface area contributed by atoms with Crippen LogP contribution in [0.4, 0.5) is 0 Å². The number of amides is 2. The monoisotopic (exact) mass is 494 g/mol. The van der Waals surface area contributed by atoms with Crippen molar-refractivity contribution in [2.75, 3.05) is 6.54 Å². The summed E-state index contributed by atoms with van der Waals surface area (Å²) in [5, 5.41) is 5.31. The normalized spacial score (nSPS) is 12.0. The molecule has 168 valence electrons. The number of nitrogens with zero attached hydrogens (tertiary/aromatic N) is 1. The van der Waals surface area contributed by atoms with Gasteiger partial charge in [-0.15, -0.1) is 0 Å². The first-order valence-corrected chi connectivity index (χ1v) is 11.9. The van der Waals surface area contributed by atoms with Gasteiger partial charge in [-0.2, -0.15) is 0 Å². The molecule has 0 bridgehead atoms. The summed E-state index contributed by atoms with van der Waals surface area (Å²) in [6, 6.07) is 21.7. The van der Waals surface area contributed by atoms with E-state index in [1.165, 1.54) is 10.8 Å². The maximum Gasteiger partial charge on any atom is 0.242 e. The topological polar surface area (TPSA) is 49.4 Å². The highest BCUT2D eigenvalue weighted by molar-refractivity contribution is 9.10. The smallest absolute Gasteiger partial charge is 0.242 e. The summed E-state index contributed by atoms with van der Waals surface area (Å²) >= 11 is 3.45. The number of carbonyl (C=O) groups is 2. The predicted octanol–water partition coefficient (Wildman–Crippen LogP) is 5.72. The van der Waals surface area contributed by atoms with Gasteiger partial charge in [0.1, 0.15) is 6.04 Å². The van der Waals surface area contributed by atoms with E-state index in [4.69, 9.17) is 0 Å². The molecule has 5 heteroatoms.